The van der Waals surface area contributed by atoms with Gasteiger partial charge in [0.05, 0.1) is 0 Å². The van der Waals surface area contributed by atoms with E-state index in [1.54, 1.807) is 24.6 Å². The first-order valence-electron chi connectivity index (χ1n) is 14.8. The third kappa shape index (κ3) is 18.2. The maximum absolute atomic E-state index is 3.18. The van der Waals surface area contributed by atoms with Gasteiger partial charge in [0.15, 0.2) is 0 Å². The molecule has 0 heterocycles. The van der Waals surface area contributed by atoms with Gasteiger partial charge in [-0.3, -0.25) is 0 Å². The summed E-state index contributed by atoms with van der Waals surface area (Å²) in [6.07, 6.45) is 37.2. The van der Waals surface area contributed by atoms with E-state index in [-0.39, 0.29) is 0 Å². The fourth-order valence-electron chi connectivity index (χ4n) is 5.29. The van der Waals surface area contributed by atoms with Crippen LogP contribution in [0.1, 0.15) is 163 Å². The number of halogens is 1. The first kappa shape index (κ1) is 32.2. The van der Waals surface area contributed by atoms with Gasteiger partial charge in [0.25, 0.3) is 0 Å². The van der Waals surface area contributed by atoms with Crippen LogP contribution in [0.15, 0.2) is 0 Å². The second-order valence-electron chi connectivity index (χ2n) is 10.7. The summed E-state index contributed by atoms with van der Waals surface area (Å²) in [5, 5.41) is 0. The molecule has 0 aromatic rings. The zero-order chi connectivity index (χ0) is 23.1. The van der Waals surface area contributed by atoms with E-state index < -0.39 is 4.25 Å². The Morgan fingerprint density at radius 3 is 0.774 bits per heavy atom. The van der Waals surface area contributed by atoms with Gasteiger partial charge in [-0.1, -0.05) is 0 Å². The molecule has 0 amide bonds. The zero-order valence-electron chi connectivity index (χ0n) is 22.5. The Hall–Kier alpha value is 1.16. The van der Waals surface area contributed by atoms with E-state index in [4.69, 9.17) is 0 Å². The molecule has 0 unspecified atom stereocenters. The second-order valence-corrected chi connectivity index (χ2v) is 24.3. The molecule has 0 radical (unpaired) electrons. The van der Waals surface area contributed by atoms with E-state index in [0.717, 1.165) is 0 Å². The molecule has 0 fully saturated rings. The molecular weight excluding hydrogens is 506 g/mol. The molecule has 0 nitrogen and oxygen atoms in total. The molecule has 0 atom stereocenters. The van der Waals surface area contributed by atoms with Gasteiger partial charge in [-0.15, -0.1) is 0 Å². The Labute approximate surface area is 212 Å². The predicted octanol–water partition coefficient (Wildman–Crippen LogP) is 12.2. The standard InChI is InChI=1S/C29H62IP/c1-5-9-13-17-18-19-20-21-25-29-31(30,26-22-14-10-6-2,27-23-15-11-7-3)28-24-16-12-8-4/h5-29H2,1-4H3. The van der Waals surface area contributed by atoms with Crippen molar-refractivity contribution >= 4 is 26.3 Å². The van der Waals surface area contributed by atoms with Crippen molar-refractivity contribution in [1.29, 1.82) is 0 Å². The van der Waals surface area contributed by atoms with E-state index in [9.17, 15) is 0 Å². The van der Waals surface area contributed by atoms with Gasteiger partial charge in [-0.25, -0.2) is 0 Å². The molecule has 0 rings (SSSR count). The summed E-state index contributed by atoms with van der Waals surface area (Å²) in [6, 6.07) is 0. The fourth-order valence-corrected chi connectivity index (χ4v) is 14.8. The molecule has 31 heavy (non-hydrogen) atoms. The summed E-state index contributed by atoms with van der Waals surface area (Å²) in [6.45, 7) is 9.41. The van der Waals surface area contributed by atoms with Crippen LogP contribution in [0.25, 0.3) is 0 Å². The second kappa shape index (κ2) is 21.7. The van der Waals surface area contributed by atoms with E-state index in [1.165, 1.54) is 135 Å². The topological polar surface area (TPSA) is 0 Å². The van der Waals surface area contributed by atoms with Crippen LogP contribution in [0, 0.1) is 0 Å². The molecule has 0 aliphatic heterocycles. The molecule has 0 bridgehead atoms. The zero-order valence-corrected chi connectivity index (χ0v) is 25.6. The SMILES string of the molecule is CCCCCCCCCCCP(I)(CCCCCC)(CCCCCC)CCCCCC. The van der Waals surface area contributed by atoms with E-state index in [1.807, 2.05) is 0 Å². The monoisotopic (exact) mass is 568 g/mol. The van der Waals surface area contributed by atoms with Crippen LogP contribution in [0.3, 0.4) is 0 Å². The predicted molar refractivity (Wildman–Crippen MR) is 160 cm³/mol. The average Bonchev–Trinajstić information content (AvgIpc) is 2.77. The minimum atomic E-state index is -1.56. The van der Waals surface area contributed by atoms with Crippen molar-refractivity contribution in [2.24, 2.45) is 0 Å². The summed E-state index contributed by atoms with van der Waals surface area (Å²) >= 11 is 3.18. The van der Waals surface area contributed by atoms with E-state index in [2.05, 4.69) is 49.7 Å². The van der Waals surface area contributed by atoms with Crippen molar-refractivity contribution in [3.8, 4) is 0 Å². The molecule has 2 heteroatoms. The fraction of sp³-hybridized carbons (Fsp3) is 1.00. The molecule has 0 saturated heterocycles. The van der Waals surface area contributed by atoms with Gasteiger partial charge in [-0.05, 0) is 0 Å². The third-order valence-electron chi connectivity index (χ3n) is 7.53. The van der Waals surface area contributed by atoms with Crippen molar-refractivity contribution in [2.75, 3.05) is 24.6 Å². The molecular formula is C29H62IP. The molecule has 0 aromatic heterocycles. The molecule has 0 N–H and O–H groups in total. The molecule has 190 valence electrons. The van der Waals surface area contributed by atoms with Crippen molar-refractivity contribution in [2.45, 2.75) is 163 Å². The summed E-state index contributed by atoms with van der Waals surface area (Å²) < 4.78 is -1.56. The molecule has 0 aromatic carbocycles. The van der Waals surface area contributed by atoms with Crippen LogP contribution in [-0.2, 0) is 0 Å². The normalized spacial score (nSPS) is 13.4. The van der Waals surface area contributed by atoms with E-state index >= 15 is 0 Å². The Morgan fingerprint density at radius 1 is 0.323 bits per heavy atom. The Morgan fingerprint density at radius 2 is 0.516 bits per heavy atom. The third-order valence-corrected chi connectivity index (χ3v) is 19.1. The van der Waals surface area contributed by atoms with Gasteiger partial charge in [-0.2, -0.15) is 0 Å². The average molecular weight is 569 g/mol. The van der Waals surface area contributed by atoms with Gasteiger partial charge in [0.1, 0.15) is 0 Å². The van der Waals surface area contributed by atoms with Crippen LogP contribution in [0.2, 0.25) is 0 Å². The maximum atomic E-state index is 3.18. The summed E-state index contributed by atoms with van der Waals surface area (Å²) in [5.74, 6) is 0. The molecule has 0 aliphatic rings. The molecule has 0 spiro atoms. The molecule has 0 saturated carbocycles. The van der Waals surface area contributed by atoms with Crippen molar-refractivity contribution in [3.05, 3.63) is 0 Å². The van der Waals surface area contributed by atoms with Gasteiger partial charge in [0, 0.05) is 0 Å². The van der Waals surface area contributed by atoms with Crippen LogP contribution >= 0.6 is 26.3 Å². The Kier molecular flexibility index (Phi) is 22.5. The summed E-state index contributed by atoms with van der Waals surface area (Å²) in [4.78, 5) is 0. The Bertz CT molecular complexity index is 334. The quantitative estimate of drug-likeness (QED) is 0.0584. The van der Waals surface area contributed by atoms with Crippen LogP contribution in [0.4, 0.5) is 0 Å². The molecule has 0 aliphatic carbocycles. The van der Waals surface area contributed by atoms with Crippen LogP contribution in [-0.4, -0.2) is 24.6 Å². The number of hydrogen-bond donors (Lipinski definition) is 0. The van der Waals surface area contributed by atoms with Crippen molar-refractivity contribution in [1.82, 2.24) is 0 Å². The first-order valence-corrected chi connectivity index (χ1v) is 20.5. The number of hydrogen-bond acceptors (Lipinski definition) is 0. The minimum absolute atomic E-state index is 1.37. The van der Waals surface area contributed by atoms with Crippen molar-refractivity contribution in [3.63, 3.8) is 0 Å². The summed E-state index contributed by atoms with van der Waals surface area (Å²) in [7, 11) is 0. The van der Waals surface area contributed by atoms with Gasteiger partial charge >= 0.3 is 213 Å². The summed E-state index contributed by atoms with van der Waals surface area (Å²) in [5.41, 5.74) is 0. The Balaban J connectivity index is 4.76. The first-order chi connectivity index (χ1) is 15.0. The van der Waals surface area contributed by atoms with Crippen LogP contribution < -0.4 is 0 Å². The van der Waals surface area contributed by atoms with Gasteiger partial charge < -0.3 is 0 Å². The van der Waals surface area contributed by atoms with Crippen LogP contribution in [0.5, 0.6) is 0 Å². The number of unbranched alkanes of at least 4 members (excludes halogenated alkanes) is 17. The van der Waals surface area contributed by atoms with Crippen molar-refractivity contribution < 1.29 is 0 Å². The van der Waals surface area contributed by atoms with Gasteiger partial charge in [0.2, 0.25) is 0 Å². The number of rotatable bonds is 25. The van der Waals surface area contributed by atoms with E-state index in [0.29, 0.717) is 0 Å².